The molecule has 6 aliphatic rings. The number of fused-ring (bicyclic) bond motifs is 8. The number of β-lactam (4-membered cyclic amide) rings is 1. The molecule has 0 radical (unpaired) electrons. The zero-order chi connectivity index (χ0) is 43.7. The molecule has 3 aliphatic heterocycles. The number of imide groups is 1. The highest BCUT2D eigenvalue weighted by Gasteiger charge is 2.73. The third-order valence-corrected chi connectivity index (χ3v) is 13.5. The maximum atomic E-state index is 14.3. The zero-order valence-corrected chi connectivity index (χ0v) is 35.7. The predicted molar refractivity (Wildman–Crippen MR) is 215 cm³/mol. The van der Waals surface area contributed by atoms with Crippen molar-refractivity contribution in [3.05, 3.63) is 102 Å². The van der Waals surface area contributed by atoms with E-state index in [2.05, 4.69) is 24.6 Å². The number of ether oxygens (including phenoxy) is 6. The lowest BCUT2D eigenvalue weighted by Crippen LogP contribution is -2.76. The molecule has 4 heterocycles. The Kier molecular flexibility index (Phi) is 11.3. The van der Waals surface area contributed by atoms with Crippen LogP contribution < -0.4 is 0 Å². The third kappa shape index (κ3) is 7.02. The largest absolute Gasteiger partial charge is 0.453 e. The molecule has 2 N–H and O–H groups in total. The van der Waals surface area contributed by atoms with Crippen LogP contribution in [0.1, 0.15) is 86.0 Å². The highest BCUT2D eigenvalue weighted by molar-refractivity contribution is 6.01. The third-order valence-electron chi connectivity index (χ3n) is 13.5. The number of hydrogen-bond acceptors (Lipinski definition) is 12. The molecule has 12 atom stereocenters. The van der Waals surface area contributed by atoms with Crippen LogP contribution in [0.15, 0.2) is 84.6 Å². The van der Waals surface area contributed by atoms with E-state index in [9.17, 15) is 29.0 Å². The number of aliphatic hydroxyl groups excluding tert-OH is 1. The average Bonchev–Trinajstić information content (AvgIpc) is 3.59. The molecule has 0 spiro atoms. The van der Waals surface area contributed by atoms with Crippen LogP contribution in [-0.4, -0.2) is 98.3 Å². The topological polar surface area (TPSA) is 163 Å². The van der Waals surface area contributed by atoms with Crippen molar-refractivity contribution < 1.29 is 57.4 Å². The number of rotatable bonds is 6. The van der Waals surface area contributed by atoms with Crippen LogP contribution in [0.2, 0.25) is 0 Å². The minimum Gasteiger partial charge on any atom is -0.453 e. The minimum atomic E-state index is -1.29. The number of amides is 2. The molecule has 3 saturated heterocycles. The van der Waals surface area contributed by atoms with Crippen molar-refractivity contribution in [3.8, 4) is 0 Å². The van der Waals surface area contributed by atoms with Crippen molar-refractivity contribution in [1.29, 1.82) is 0 Å². The number of carbonyl (C=O) groups is 3. The van der Waals surface area contributed by atoms with Crippen LogP contribution in [0.3, 0.4) is 0 Å². The van der Waals surface area contributed by atoms with Crippen LogP contribution in [0, 0.1) is 28.5 Å². The fourth-order valence-electron chi connectivity index (χ4n) is 10.7. The average molecular weight is 833 g/mol. The van der Waals surface area contributed by atoms with E-state index in [0.29, 0.717) is 0 Å². The summed E-state index contributed by atoms with van der Waals surface area (Å²) in [5.41, 5.74) is -1.84. The van der Waals surface area contributed by atoms with E-state index in [-0.39, 0.29) is 43.1 Å². The summed E-state index contributed by atoms with van der Waals surface area (Å²) in [7, 11) is 0. The second kappa shape index (κ2) is 15.5. The Morgan fingerprint density at radius 3 is 2.42 bits per heavy atom. The highest BCUT2D eigenvalue weighted by atomic mass is 19.1. The Labute approximate surface area is 350 Å². The van der Waals surface area contributed by atoms with Gasteiger partial charge in [0.2, 0.25) is 0 Å². The van der Waals surface area contributed by atoms with Crippen molar-refractivity contribution in [2.75, 3.05) is 6.61 Å². The van der Waals surface area contributed by atoms with Gasteiger partial charge in [-0.15, -0.1) is 0 Å². The molecule has 1 saturated carbocycles. The SMILES string of the molecule is C=C[C@@H]1O[C@@H]2C3=C(C)[C@@H](O)C[C@@](O)([C@@H](C)[C@H]4[C@@](C)(C=C[C@H]5OC[C@]54OC(C)=O)[C@@H]2O1)C3(C)C.CC(C)(C)OC(=O)N1C(=O)[C@H](OCc2ccccc2)[C@@H]1c1ncccc1F. The fourth-order valence-corrected chi connectivity index (χ4v) is 10.7. The van der Waals surface area contributed by atoms with Gasteiger partial charge in [-0.2, -0.15) is 0 Å². The summed E-state index contributed by atoms with van der Waals surface area (Å²) in [5.74, 6) is -2.27. The van der Waals surface area contributed by atoms with Crippen LogP contribution in [0.5, 0.6) is 0 Å². The smallest absolute Gasteiger partial charge is 0.417 e. The summed E-state index contributed by atoms with van der Waals surface area (Å²) in [6, 6.07) is 11.0. The summed E-state index contributed by atoms with van der Waals surface area (Å²) < 4.78 is 50.0. The zero-order valence-electron chi connectivity index (χ0n) is 35.7. The first-order valence-electron chi connectivity index (χ1n) is 20.5. The molecule has 14 heteroatoms. The second-order valence-electron chi connectivity index (χ2n) is 18.6. The summed E-state index contributed by atoms with van der Waals surface area (Å²) in [5, 5.41) is 23.6. The summed E-state index contributed by atoms with van der Waals surface area (Å²) in [6.45, 7) is 20.8. The van der Waals surface area contributed by atoms with Crippen molar-refractivity contribution in [2.45, 2.75) is 135 Å². The van der Waals surface area contributed by atoms with Gasteiger partial charge in [-0.1, -0.05) is 76.8 Å². The van der Waals surface area contributed by atoms with Crippen LogP contribution in [0.25, 0.3) is 0 Å². The monoisotopic (exact) mass is 832 g/mol. The number of pyridine rings is 1. The molecule has 2 amide bonds. The Bertz CT molecular complexity index is 2080. The molecule has 60 heavy (non-hydrogen) atoms. The van der Waals surface area contributed by atoms with Crippen molar-refractivity contribution in [3.63, 3.8) is 0 Å². The first kappa shape index (κ1) is 43.8. The normalized spacial score (nSPS) is 37.4. The summed E-state index contributed by atoms with van der Waals surface area (Å²) >= 11 is 0. The fraction of sp³-hybridized carbons (Fsp3) is 0.565. The maximum Gasteiger partial charge on any atom is 0.417 e. The molecule has 8 rings (SSSR count). The molecular formula is C46H57FN2O11. The minimum absolute atomic E-state index is 0.0268. The molecule has 1 aromatic heterocycles. The molecule has 13 nitrogen and oxygen atoms in total. The van der Waals surface area contributed by atoms with E-state index in [1.165, 1.54) is 25.3 Å². The van der Waals surface area contributed by atoms with Gasteiger partial charge < -0.3 is 38.6 Å². The first-order valence-corrected chi connectivity index (χ1v) is 20.5. The van der Waals surface area contributed by atoms with Crippen LogP contribution in [-0.2, 0) is 44.6 Å². The lowest BCUT2D eigenvalue weighted by atomic mass is 9.44. The van der Waals surface area contributed by atoms with Gasteiger partial charge in [0.25, 0.3) is 5.91 Å². The molecule has 2 bridgehead atoms. The first-order chi connectivity index (χ1) is 28.1. The molecule has 4 fully saturated rings. The number of esters is 1. The standard InChI is InChI=1S/C26H36O7.C20H21FN2O4/c1-8-18-31-20-19-13(2)16(28)11-26(29,23(19,5)6)14(3)21-24(7,22(20)32-18)10-9-17-25(21,12-30-17)33-15(4)27;1-20(2,3)27-19(25)23-16(15-14(21)10-7-11-22-15)17(18(23)24)26-12-13-8-5-4-6-9-13/h8-10,14,16-18,20-22,28-29H,1,11-12H2,2-7H3;4-11,16-17H,12H2,1-3H3/t14-,16-,17+,18+,20+,21-,22+,24+,25-,26+;16-,17+/m00/s1. The van der Waals surface area contributed by atoms with Gasteiger partial charge in [0.15, 0.2) is 18.0 Å². The Morgan fingerprint density at radius 1 is 1.12 bits per heavy atom. The van der Waals surface area contributed by atoms with Crippen LogP contribution >= 0.6 is 0 Å². The van der Waals surface area contributed by atoms with Crippen LogP contribution in [0.4, 0.5) is 9.18 Å². The molecular weight excluding hydrogens is 776 g/mol. The van der Waals surface area contributed by atoms with E-state index in [0.717, 1.165) is 21.6 Å². The van der Waals surface area contributed by atoms with E-state index >= 15 is 0 Å². The van der Waals surface area contributed by atoms with Crippen molar-refractivity contribution in [2.24, 2.45) is 22.7 Å². The number of aromatic nitrogens is 1. The Balaban J connectivity index is 0.000000186. The summed E-state index contributed by atoms with van der Waals surface area (Å²) in [6.07, 6.45) is 2.66. The Morgan fingerprint density at radius 2 is 1.82 bits per heavy atom. The van der Waals surface area contributed by atoms with Gasteiger partial charge in [-0.05, 0) is 68.5 Å². The number of carbonyl (C=O) groups excluding carboxylic acids is 3. The van der Waals surface area contributed by atoms with E-state index in [1.807, 2.05) is 64.1 Å². The quantitative estimate of drug-likeness (QED) is 0.190. The molecule has 2 aromatic rings. The second-order valence-corrected chi connectivity index (χ2v) is 18.6. The van der Waals surface area contributed by atoms with Gasteiger partial charge in [0, 0.05) is 36.3 Å². The van der Waals surface area contributed by atoms with E-state index in [4.69, 9.17) is 28.4 Å². The van der Waals surface area contributed by atoms with E-state index in [1.54, 1.807) is 26.8 Å². The van der Waals surface area contributed by atoms with Gasteiger partial charge in [0.1, 0.15) is 41.5 Å². The maximum absolute atomic E-state index is 14.3. The number of benzene rings is 1. The van der Waals surface area contributed by atoms with E-state index < -0.39 is 88.3 Å². The van der Waals surface area contributed by atoms with Crippen molar-refractivity contribution >= 4 is 18.0 Å². The predicted octanol–water partition coefficient (Wildman–Crippen LogP) is 6.29. The van der Waals surface area contributed by atoms with Gasteiger partial charge in [-0.25, -0.2) is 14.1 Å². The molecule has 324 valence electrons. The van der Waals surface area contributed by atoms with Crippen molar-refractivity contribution in [1.82, 2.24) is 9.88 Å². The summed E-state index contributed by atoms with van der Waals surface area (Å²) in [4.78, 5) is 42.2. The number of hydrogen-bond donors (Lipinski definition) is 2. The molecule has 1 aromatic carbocycles. The van der Waals surface area contributed by atoms with Gasteiger partial charge in [0.05, 0.1) is 24.9 Å². The van der Waals surface area contributed by atoms with Gasteiger partial charge >= 0.3 is 12.1 Å². The molecule has 0 unspecified atom stereocenters. The number of nitrogens with zero attached hydrogens (tertiary/aromatic N) is 2. The highest BCUT2D eigenvalue weighted by Crippen LogP contribution is 2.66. The number of likely N-dealkylation sites (tertiary alicyclic amines) is 1. The molecule has 3 aliphatic carbocycles. The van der Waals surface area contributed by atoms with Gasteiger partial charge in [-0.3, -0.25) is 14.6 Å². The lowest BCUT2D eigenvalue weighted by molar-refractivity contribution is -0.306. The number of halogens is 1. The Hall–Kier alpha value is -4.31. The number of aliphatic hydroxyl groups is 2. The lowest BCUT2D eigenvalue weighted by Gasteiger charge is -2.66.